The van der Waals surface area contributed by atoms with E-state index in [0.29, 0.717) is 6.10 Å². The van der Waals surface area contributed by atoms with Crippen LogP contribution in [0.3, 0.4) is 0 Å². The Hall–Kier alpha value is -1.56. The molecular weight excluding hydrogens is 318 g/mol. The Bertz CT molecular complexity index is 747. The molecule has 4 aliphatic rings. The number of hydrogen-bond donors (Lipinski definition) is 0. The molecule has 3 heterocycles. The van der Waals surface area contributed by atoms with Gasteiger partial charge in [0.15, 0.2) is 11.5 Å². The van der Waals surface area contributed by atoms with Gasteiger partial charge in [-0.15, -0.1) is 0 Å². The predicted octanol–water partition coefficient (Wildman–Crippen LogP) is 2.27. The van der Waals surface area contributed by atoms with E-state index in [1.165, 1.54) is 11.1 Å². The van der Waals surface area contributed by atoms with Gasteiger partial charge in [-0.1, -0.05) is 6.08 Å². The summed E-state index contributed by atoms with van der Waals surface area (Å²) >= 11 is 0. The van der Waals surface area contributed by atoms with Crippen LogP contribution >= 0.6 is 0 Å². The van der Waals surface area contributed by atoms with Crippen molar-refractivity contribution in [3.05, 3.63) is 35.4 Å². The molecule has 0 radical (unpaired) electrons. The summed E-state index contributed by atoms with van der Waals surface area (Å²) in [5.74, 6) is 1.60. The third kappa shape index (κ3) is 1.84. The van der Waals surface area contributed by atoms with E-state index >= 15 is 0 Å². The van der Waals surface area contributed by atoms with Gasteiger partial charge in [0.1, 0.15) is 11.7 Å². The summed E-state index contributed by atoms with van der Waals surface area (Å²) in [6, 6.07) is 4.35. The normalized spacial score (nSPS) is 38.2. The lowest BCUT2D eigenvalue weighted by molar-refractivity contribution is -0.0222. The molecule has 3 aliphatic heterocycles. The molecular formula is C20H25NO4. The summed E-state index contributed by atoms with van der Waals surface area (Å²) in [4.78, 5) is 2.63. The highest BCUT2D eigenvalue weighted by Gasteiger charge is 2.77. The molecule has 5 heteroatoms. The fraction of sp³-hybridized carbons (Fsp3) is 0.600. The van der Waals surface area contributed by atoms with Crippen LogP contribution in [0.4, 0.5) is 0 Å². The molecule has 1 aliphatic carbocycles. The van der Waals surface area contributed by atoms with Gasteiger partial charge in [0, 0.05) is 20.1 Å². The van der Waals surface area contributed by atoms with Crippen molar-refractivity contribution in [2.45, 2.75) is 42.6 Å². The van der Waals surface area contributed by atoms with Gasteiger partial charge >= 0.3 is 0 Å². The van der Waals surface area contributed by atoms with Crippen LogP contribution in [-0.4, -0.2) is 57.1 Å². The van der Waals surface area contributed by atoms with Crippen molar-refractivity contribution in [2.75, 3.05) is 34.4 Å². The van der Waals surface area contributed by atoms with Crippen LogP contribution in [0.1, 0.15) is 24.0 Å². The third-order valence-corrected chi connectivity index (χ3v) is 6.62. The van der Waals surface area contributed by atoms with Crippen LogP contribution in [0.5, 0.6) is 11.5 Å². The molecule has 2 fully saturated rings. The third-order valence-electron chi connectivity index (χ3n) is 6.62. The average molecular weight is 343 g/mol. The maximum atomic E-state index is 6.28. The monoisotopic (exact) mass is 343 g/mol. The first-order valence-electron chi connectivity index (χ1n) is 9.09. The summed E-state index contributed by atoms with van der Waals surface area (Å²) < 4.78 is 23.2. The molecule has 2 saturated heterocycles. The van der Waals surface area contributed by atoms with Gasteiger partial charge in [0.05, 0.1) is 25.9 Å². The molecule has 4 atom stereocenters. The molecule has 0 N–H and O–H groups in total. The average Bonchev–Trinajstić information content (AvgIpc) is 3.30. The first kappa shape index (κ1) is 15.7. The van der Waals surface area contributed by atoms with Gasteiger partial charge in [-0.3, -0.25) is 4.90 Å². The van der Waals surface area contributed by atoms with Gasteiger partial charge in [-0.2, -0.15) is 0 Å². The van der Waals surface area contributed by atoms with E-state index in [-0.39, 0.29) is 17.2 Å². The Morgan fingerprint density at radius 1 is 1.16 bits per heavy atom. The van der Waals surface area contributed by atoms with Crippen LogP contribution in [-0.2, 0) is 21.4 Å². The Labute approximate surface area is 148 Å². The highest BCUT2D eigenvalue weighted by Crippen LogP contribution is 2.65. The SMILES string of the molecule is COc1cc2c(cc1OC)[C@]13C[C@@H](OC)C=CC14OC4CN3CCC2. The minimum atomic E-state index is -0.208. The number of rotatable bonds is 3. The Morgan fingerprint density at radius 3 is 2.72 bits per heavy atom. The maximum absolute atomic E-state index is 6.28. The molecule has 2 unspecified atom stereocenters. The van der Waals surface area contributed by atoms with E-state index in [1.54, 1.807) is 21.3 Å². The second kappa shape index (κ2) is 5.22. The highest BCUT2D eigenvalue weighted by atomic mass is 16.6. The summed E-state index contributed by atoms with van der Waals surface area (Å²) in [6.45, 7) is 2.08. The second-order valence-electron chi connectivity index (χ2n) is 7.51. The lowest BCUT2D eigenvalue weighted by Gasteiger charge is -2.47. The summed E-state index contributed by atoms with van der Waals surface area (Å²) in [6.07, 6.45) is 7.96. The fourth-order valence-electron chi connectivity index (χ4n) is 5.43. The molecule has 134 valence electrons. The standard InChI is InChI=1S/C20H25NO4/c1-22-14-6-7-20-18(25-20)12-21-8-4-5-13-9-16(23-2)17(24-3)10-15(13)19(20,21)11-14/h6-7,9-10,14,18H,4-5,8,11-12H2,1-3H3/t14-,18?,19+,20?/m0/s1. The number of morpholine rings is 1. The van der Waals surface area contributed by atoms with E-state index < -0.39 is 0 Å². The van der Waals surface area contributed by atoms with Crippen LogP contribution < -0.4 is 9.47 Å². The van der Waals surface area contributed by atoms with Crippen LogP contribution in [0.25, 0.3) is 0 Å². The van der Waals surface area contributed by atoms with Gasteiger partial charge in [-0.25, -0.2) is 0 Å². The number of nitrogens with zero attached hydrogens (tertiary/aromatic N) is 1. The summed E-state index contributed by atoms with van der Waals surface area (Å²) in [7, 11) is 5.20. The number of ether oxygens (including phenoxy) is 4. The van der Waals surface area contributed by atoms with Crippen molar-refractivity contribution in [3.8, 4) is 11.5 Å². The van der Waals surface area contributed by atoms with Gasteiger partial charge < -0.3 is 18.9 Å². The number of hydrogen-bond acceptors (Lipinski definition) is 5. The smallest absolute Gasteiger partial charge is 0.161 e. The Balaban J connectivity index is 1.75. The quantitative estimate of drug-likeness (QED) is 0.622. The lowest BCUT2D eigenvalue weighted by atomic mass is 9.69. The van der Waals surface area contributed by atoms with E-state index in [2.05, 4.69) is 29.2 Å². The van der Waals surface area contributed by atoms with Crippen molar-refractivity contribution < 1.29 is 18.9 Å². The molecule has 1 aromatic carbocycles. The molecule has 0 bridgehead atoms. The fourth-order valence-corrected chi connectivity index (χ4v) is 5.43. The van der Waals surface area contributed by atoms with Gasteiger partial charge in [0.25, 0.3) is 0 Å². The molecule has 0 aromatic heterocycles. The largest absolute Gasteiger partial charge is 0.493 e. The highest BCUT2D eigenvalue weighted by molar-refractivity contribution is 5.55. The topological polar surface area (TPSA) is 43.5 Å². The number of methoxy groups -OCH3 is 3. The van der Waals surface area contributed by atoms with Crippen molar-refractivity contribution in [1.82, 2.24) is 4.90 Å². The lowest BCUT2D eigenvalue weighted by Crippen LogP contribution is -2.54. The van der Waals surface area contributed by atoms with Crippen LogP contribution in [0, 0.1) is 0 Å². The van der Waals surface area contributed by atoms with Crippen molar-refractivity contribution >= 4 is 0 Å². The summed E-state index contributed by atoms with van der Waals surface area (Å²) in [5.41, 5.74) is 2.30. The van der Waals surface area contributed by atoms with Gasteiger partial charge in [-0.05, 0) is 48.7 Å². The molecule has 5 rings (SSSR count). The number of benzene rings is 1. The van der Waals surface area contributed by atoms with Gasteiger partial charge in [0.2, 0.25) is 0 Å². The Kier molecular flexibility index (Phi) is 3.28. The zero-order valence-electron chi connectivity index (χ0n) is 15.1. The molecule has 0 amide bonds. The number of epoxide rings is 1. The van der Waals surface area contributed by atoms with E-state index in [4.69, 9.17) is 18.9 Å². The van der Waals surface area contributed by atoms with E-state index in [9.17, 15) is 0 Å². The van der Waals surface area contributed by atoms with E-state index in [0.717, 1.165) is 43.9 Å². The van der Waals surface area contributed by atoms with E-state index in [1.807, 2.05) is 0 Å². The van der Waals surface area contributed by atoms with Crippen molar-refractivity contribution in [1.29, 1.82) is 0 Å². The first-order chi connectivity index (χ1) is 12.2. The van der Waals surface area contributed by atoms with Crippen molar-refractivity contribution in [3.63, 3.8) is 0 Å². The first-order valence-corrected chi connectivity index (χ1v) is 9.09. The summed E-state index contributed by atoms with van der Waals surface area (Å²) in [5, 5.41) is 0. The minimum Gasteiger partial charge on any atom is -0.493 e. The zero-order valence-corrected chi connectivity index (χ0v) is 15.1. The molecule has 2 spiro atoms. The molecule has 5 nitrogen and oxygen atoms in total. The second-order valence-corrected chi connectivity index (χ2v) is 7.51. The predicted molar refractivity (Wildman–Crippen MR) is 93.3 cm³/mol. The molecule has 25 heavy (non-hydrogen) atoms. The minimum absolute atomic E-state index is 0.107. The zero-order chi connectivity index (χ0) is 17.2. The van der Waals surface area contributed by atoms with Crippen LogP contribution in [0.15, 0.2) is 24.3 Å². The molecule has 1 aromatic rings. The number of fused-ring (bicyclic) bond motifs is 1. The Morgan fingerprint density at radius 2 is 1.96 bits per heavy atom. The van der Waals surface area contributed by atoms with Crippen LogP contribution in [0.2, 0.25) is 0 Å². The van der Waals surface area contributed by atoms with Crippen molar-refractivity contribution in [2.24, 2.45) is 0 Å². The maximum Gasteiger partial charge on any atom is 0.161 e. The molecule has 0 saturated carbocycles. The number of aryl methyl sites for hydroxylation is 1.